The van der Waals surface area contributed by atoms with E-state index in [2.05, 4.69) is 10.00 Å². The number of carbonyl (C=O) groups excluding carboxylic acids is 1. The predicted molar refractivity (Wildman–Crippen MR) is 91.1 cm³/mol. The number of hydrogen-bond donors (Lipinski definition) is 0. The van der Waals surface area contributed by atoms with Gasteiger partial charge in [-0.15, -0.1) is 0 Å². The quantitative estimate of drug-likeness (QED) is 0.804. The van der Waals surface area contributed by atoms with Crippen LogP contribution in [-0.2, 0) is 6.54 Å². The minimum atomic E-state index is -2.84. The van der Waals surface area contributed by atoms with Crippen LogP contribution in [0.1, 0.15) is 22.6 Å². The number of rotatable bonds is 4. The lowest BCUT2D eigenvalue weighted by Gasteiger charge is -2.35. The summed E-state index contributed by atoms with van der Waals surface area (Å²) in [4.78, 5) is 16.1. The number of carbonyl (C=O) groups is 1. The Bertz CT molecular complexity index is 740. The van der Waals surface area contributed by atoms with Crippen molar-refractivity contribution >= 4 is 29.1 Å². The van der Waals surface area contributed by atoms with Gasteiger partial charge in [-0.1, -0.05) is 29.3 Å². The van der Waals surface area contributed by atoms with Gasteiger partial charge < -0.3 is 4.90 Å². The molecule has 3 rings (SSSR count). The van der Waals surface area contributed by atoms with Gasteiger partial charge in [0.25, 0.3) is 5.91 Å². The molecule has 1 fully saturated rings. The van der Waals surface area contributed by atoms with E-state index >= 15 is 0 Å². The standard InChI is InChI=1S/C16H16Cl2F2N4O/c17-12-2-1-3-13(18)11(12)10-22-6-8-23(9-7-22)15(25)14-4-5-21-24(14)16(19)20/h1-5,16H,6-10H2. The second kappa shape index (κ2) is 7.68. The van der Waals surface area contributed by atoms with Crippen molar-refractivity contribution in [2.24, 2.45) is 0 Å². The molecule has 0 aliphatic carbocycles. The van der Waals surface area contributed by atoms with Crippen LogP contribution in [0.15, 0.2) is 30.5 Å². The number of amides is 1. The molecule has 0 bridgehead atoms. The predicted octanol–water partition coefficient (Wildman–Crippen LogP) is 3.54. The molecule has 0 unspecified atom stereocenters. The summed E-state index contributed by atoms with van der Waals surface area (Å²) < 4.78 is 26.2. The third-order valence-corrected chi connectivity index (χ3v) is 4.89. The molecule has 0 atom stereocenters. The Morgan fingerprint density at radius 2 is 1.76 bits per heavy atom. The first-order valence-electron chi connectivity index (χ1n) is 7.73. The molecule has 25 heavy (non-hydrogen) atoms. The number of aromatic nitrogens is 2. The van der Waals surface area contributed by atoms with Crippen LogP contribution in [0.2, 0.25) is 10.0 Å². The van der Waals surface area contributed by atoms with Crippen molar-refractivity contribution in [3.8, 4) is 0 Å². The van der Waals surface area contributed by atoms with Crippen LogP contribution >= 0.6 is 23.2 Å². The molecule has 0 radical (unpaired) electrons. The maximum Gasteiger partial charge on any atom is 0.333 e. The molecular formula is C16H16Cl2F2N4O. The van der Waals surface area contributed by atoms with E-state index in [0.717, 1.165) is 5.56 Å². The molecule has 1 aromatic heterocycles. The van der Waals surface area contributed by atoms with Crippen molar-refractivity contribution in [2.75, 3.05) is 26.2 Å². The Labute approximate surface area is 153 Å². The highest BCUT2D eigenvalue weighted by molar-refractivity contribution is 6.35. The third-order valence-electron chi connectivity index (χ3n) is 4.18. The SMILES string of the molecule is O=C(c1ccnn1C(F)F)N1CCN(Cc2c(Cl)cccc2Cl)CC1. The van der Waals surface area contributed by atoms with E-state index in [9.17, 15) is 13.6 Å². The minimum Gasteiger partial charge on any atom is -0.335 e. The lowest BCUT2D eigenvalue weighted by molar-refractivity contribution is 0.0424. The number of alkyl halides is 2. The van der Waals surface area contributed by atoms with E-state index in [1.54, 1.807) is 23.1 Å². The number of hydrogen-bond acceptors (Lipinski definition) is 3. The van der Waals surface area contributed by atoms with Gasteiger partial charge in [0.15, 0.2) is 0 Å². The molecule has 2 heterocycles. The van der Waals surface area contributed by atoms with Crippen LogP contribution in [0, 0.1) is 0 Å². The van der Waals surface area contributed by atoms with Crippen molar-refractivity contribution in [3.63, 3.8) is 0 Å². The third kappa shape index (κ3) is 3.94. The Balaban J connectivity index is 1.62. The smallest absolute Gasteiger partial charge is 0.333 e. The van der Waals surface area contributed by atoms with E-state index in [4.69, 9.17) is 23.2 Å². The maximum atomic E-state index is 12.9. The summed E-state index contributed by atoms with van der Waals surface area (Å²) in [6.07, 6.45) is 1.20. The van der Waals surface area contributed by atoms with Gasteiger partial charge in [-0.3, -0.25) is 9.69 Å². The van der Waals surface area contributed by atoms with Gasteiger partial charge in [0.05, 0.1) is 0 Å². The molecule has 0 saturated carbocycles. The molecular weight excluding hydrogens is 373 g/mol. The molecule has 1 amide bonds. The molecule has 1 saturated heterocycles. The normalized spacial score (nSPS) is 15.8. The average Bonchev–Trinajstić information content (AvgIpc) is 3.08. The molecule has 1 aliphatic rings. The number of benzene rings is 1. The lowest BCUT2D eigenvalue weighted by atomic mass is 10.2. The second-order valence-electron chi connectivity index (χ2n) is 5.71. The summed E-state index contributed by atoms with van der Waals surface area (Å²) in [6, 6.07) is 6.67. The highest BCUT2D eigenvalue weighted by Gasteiger charge is 2.26. The highest BCUT2D eigenvalue weighted by atomic mass is 35.5. The van der Waals surface area contributed by atoms with Crippen molar-refractivity contribution < 1.29 is 13.6 Å². The number of halogens is 4. The van der Waals surface area contributed by atoms with Gasteiger partial charge in [-0.05, 0) is 18.2 Å². The van der Waals surface area contributed by atoms with Crippen LogP contribution < -0.4 is 0 Å². The summed E-state index contributed by atoms with van der Waals surface area (Å²) in [5.74, 6) is -0.437. The Kier molecular flexibility index (Phi) is 5.56. The van der Waals surface area contributed by atoms with Crippen LogP contribution in [-0.4, -0.2) is 51.7 Å². The van der Waals surface area contributed by atoms with Crippen molar-refractivity contribution in [2.45, 2.75) is 13.1 Å². The Hall–Kier alpha value is -1.70. The average molecular weight is 389 g/mol. The molecule has 5 nitrogen and oxygen atoms in total. The van der Waals surface area contributed by atoms with Gasteiger partial charge >= 0.3 is 6.55 Å². The van der Waals surface area contributed by atoms with Crippen LogP contribution in [0.5, 0.6) is 0 Å². The molecule has 9 heteroatoms. The van der Waals surface area contributed by atoms with Gasteiger partial charge in [0, 0.05) is 54.5 Å². The molecule has 1 aromatic carbocycles. The lowest BCUT2D eigenvalue weighted by Crippen LogP contribution is -2.48. The fraction of sp³-hybridized carbons (Fsp3) is 0.375. The Morgan fingerprint density at radius 1 is 1.12 bits per heavy atom. The van der Waals surface area contributed by atoms with E-state index in [1.165, 1.54) is 12.3 Å². The maximum absolute atomic E-state index is 12.9. The fourth-order valence-electron chi connectivity index (χ4n) is 2.82. The molecule has 1 aliphatic heterocycles. The summed E-state index contributed by atoms with van der Waals surface area (Å²) in [7, 11) is 0. The minimum absolute atomic E-state index is 0.0994. The first kappa shape index (κ1) is 18.1. The zero-order chi connectivity index (χ0) is 18.0. The highest BCUT2D eigenvalue weighted by Crippen LogP contribution is 2.26. The topological polar surface area (TPSA) is 41.4 Å². The van der Waals surface area contributed by atoms with Crippen LogP contribution in [0.4, 0.5) is 8.78 Å². The monoisotopic (exact) mass is 388 g/mol. The Morgan fingerprint density at radius 3 is 2.36 bits per heavy atom. The number of piperazine rings is 1. The molecule has 0 spiro atoms. The fourth-order valence-corrected chi connectivity index (χ4v) is 3.33. The summed E-state index contributed by atoms with van der Waals surface area (Å²) >= 11 is 12.4. The van der Waals surface area contributed by atoms with Crippen LogP contribution in [0.3, 0.4) is 0 Å². The van der Waals surface area contributed by atoms with Gasteiger partial charge in [-0.2, -0.15) is 18.6 Å². The van der Waals surface area contributed by atoms with Crippen molar-refractivity contribution in [1.82, 2.24) is 19.6 Å². The molecule has 2 aromatic rings. The van der Waals surface area contributed by atoms with E-state index in [0.29, 0.717) is 47.5 Å². The molecule has 0 N–H and O–H groups in total. The van der Waals surface area contributed by atoms with Crippen molar-refractivity contribution in [1.29, 1.82) is 0 Å². The zero-order valence-electron chi connectivity index (χ0n) is 13.2. The summed E-state index contributed by atoms with van der Waals surface area (Å²) in [5.41, 5.74) is 0.749. The van der Waals surface area contributed by atoms with Crippen LogP contribution in [0.25, 0.3) is 0 Å². The largest absolute Gasteiger partial charge is 0.335 e. The number of nitrogens with zero attached hydrogens (tertiary/aromatic N) is 4. The summed E-state index contributed by atoms with van der Waals surface area (Å²) in [5, 5.41) is 4.71. The van der Waals surface area contributed by atoms with Gasteiger partial charge in [0.1, 0.15) is 5.69 Å². The van der Waals surface area contributed by atoms with E-state index in [-0.39, 0.29) is 5.69 Å². The van der Waals surface area contributed by atoms with Gasteiger partial charge in [0.2, 0.25) is 0 Å². The first-order chi connectivity index (χ1) is 12.0. The van der Waals surface area contributed by atoms with Crippen molar-refractivity contribution in [3.05, 3.63) is 51.8 Å². The summed E-state index contributed by atoms with van der Waals surface area (Å²) in [6.45, 7) is -0.163. The van der Waals surface area contributed by atoms with E-state index in [1.807, 2.05) is 0 Å². The second-order valence-corrected chi connectivity index (χ2v) is 6.52. The molecule has 134 valence electrons. The first-order valence-corrected chi connectivity index (χ1v) is 8.49. The van der Waals surface area contributed by atoms with Gasteiger partial charge in [-0.25, -0.2) is 0 Å². The zero-order valence-corrected chi connectivity index (χ0v) is 14.7. The van der Waals surface area contributed by atoms with E-state index < -0.39 is 12.5 Å².